The summed E-state index contributed by atoms with van der Waals surface area (Å²) in [5, 5.41) is 0. The van der Waals surface area contributed by atoms with Crippen molar-refractivity contribution >= 4 is 0 Å². The fourth-order valence-electron chi connectivity index (χ4n) is 0.751. The van der Waals surface area contributed by atoms with Crippen LogP contribution < -0.4 is 5.73 Å². The Bertz CT molecular complexity index is 123. The molecule has 0 aliphatic heterocycles. The Hall–Kier alpha value is -0.560. The average molecular weight is 139 g/mol. The number of nitrogens with two attached hydrogens (primary N) is 1. The second kappa shape index (κ2) is 6.56. The standard InChI is InChI=1S/C9H17N/c1-3-5-7-9(8-10)6-4-2/h5-7H,3-4,8,10H2,1-2H3/b7-5-,9-6+. The Morgan fingerprint density at radius 1 is 1.30 bits per heavy atom. The first-order valence-electron chi connectivity index (χ1n) is 3.90. The normalized spacial score (nSPS) is 12.9. The van der Waals surface area contributed by atoms with Crippen LogP contribution in [0.1, 0.15) is 26.7 Å². The third-order valence-electron chi connectivity index (χ3n) is 1.27. The summed E-state index contributed by atoms with van der Waals surface area (Å²) in [4.78, 5) is 0. The molecule has 0 heterocycles. The zero-order valence-corrected chi connectivity index (χ0v) is 6.93. The van der Waals surface area contributed by atoms with Gasteiger partial charge >= 0.3 is 0 Å². The van der Waals surface area contributed by atoms with Crippen molar-refractivity contribution in [2.75, 3.05) is 6.54 Å². The molecule has 0 aromatic carbocycles. The van der Waals surface area contributed by atoms with Crippen LogP contribution in [0.5, 0.6) is 0 Å². The molecule has 1 nitrogen and oxygen atoms in total. The van der Waals surface area contributed by atoms with E-state index in [1.54, 1.807) is 0 Å². The van der Waals surface area contributed by atoms with Crippen LogP contribution in [0.2, 0.25) is 0 Å². The summed E-state index contributed by atoms with van der Waals surface area (Å²) in [5.74, 6) is 0. The predicted octanol–water partition coefficient (Wildman–Crippen LogP) is 2.25. The lowest BCUT2D eigenvalue weighted by molar-refractivity contribution is 1.12. The first kappa shape index (κ1) is 9.44. The average Bonchev–Trinajstić information content (AvgIpc) is 1.98. The van der Waals surface area contributed by atoms with E-state index in [4.69, 9.17) is 5.73 Å². The van der Waals surface area contributed by atoms with Gasteiger partial charge in [0.25, 0.3) is 0 Å². The van der Waals surface area contributed by atoms with Crippen molar-refractivity contribution in [2.24, 2.45) is 5.73 Å². The van der Waals surface area contributed by atoms with E-state index in [9.17, 15) is 0 Å². The van der Waals surface area contributed by atoms with Crippen molar-refractivity contribution in [3.8, 4) is 0 Å². The zero-order chi connectivity index (χ0) is 7.82. The maximum absolute atomic E-state index is 5.48. The minimum absolute atomic E-state index is 0.657. The molecule has 0 spiro atoms. The Labute approximate surface area is 63.6 Å². The van der Waals surface area contributed by atoms with Crippen molar-refractivity contribution in [3.63, 3.8) is 0 Å². The zero-order valence-electron chi connectivity index (χ0n) is 6.93. The van der Waals surface area contributed by atoms with Gasteiger partial charge in [0.2, 0.25) is 0 Å². The monoisotopic (exact) mass is 139 g/mol. The second-order valence-corrected chi connectivity index (χ2v) is 2.20. The largest absolute Gasteiger partial charge is 0.327 e. The molecule has 0 fully saturated rings. The minimum atomic E-state index is 0.657. The number of hydrogen-bond donors (Lipinski definition) is 1. The molecule has 0 saturated heterocycles. The molecule has 2 N–H and O–H groups in total. The highest BCUT2D eigenvalue weighted by molar-refractivity contribution is 5.19. The van der Waals surface area contributed by atoms with Crippen LogP contribution in [0.3, 0.4) is 0 Å². The highest BCUT2D eigenvalue weighted by Gasteiger charge is 1.83. The lowest BCUT2D eigenvalue weighted by atomic mass is 10.2. The molecule has 0 saturated carbocycles. The van der Waals surface area contributed by atoms with Gasteiger partial charge in [0.1, 0.15) is 0 Å². The molecular formula is C9H17N. The van der Waals surface area contributed by atoms with E-state index >= 15 is 0 Å². The molecule has 0 bridgehead atoms. The summed E-state index contributed by atoms with van der Waals surface area (Å²) in [6, 6.07) is 0. The summed E-state index contributed by atoms with van der Waals surface area (Å²) < 4.78 is 0. The molecule has 0 rings (SSSR count). The maximum atomic E-state index is 5.48. The van der Waals surface area contributed by atoms with Crippen molar-refractivity contribution < 1.29 is 0 Å². The van der Waals surface area contributed by atoms with Gasteiger partial charge < -0.3 is 5.73 Å². The van der Waals surface area contributed by atoms with Gasteiger partial charge in [-0.2, -0.15) is 0 Å². The molecule has 0 radical (unpaired) electrons. The maximum Gasteiger partial charge on any atom is 0.0174 e. The smallest absolute Gasteiger partial charge is 0.0174 e. The molecule has 0 amide bonds. The lowest BCUT2D eigenvalue weighted by Gasteiger charge is -1.93. The molecular weight excluding hydrogens is 122 g/mol. The molecule has 0 aliphatic carbocycles. The van der Waals surface area contributed by atoms with Crippen LogP contribution in [-0.4, -0.2) is 6.54 Å². The Morgan fingerprint density at radius 2 is 2.00 bits per heavy atom. The third-order valence-corrected chi connectivity index (χ3v) is 1.27. The fourth-order valence-corrected chi connectivity index (χ4v) is 0.751. The summed E-state index contributed by atoms with van der Waals surface area (Å²) >= 11 is 0. The highest BCUT2D eigenvalue weighted by atomic mass is 14.5. The molecule has 0 aliphatic rings. The summed E-state index contributed by atoms with van der Waals surface area (Å²) in [5.41, 5.74) is 6.72. The quantitative estimate of drug-likeness (QED) is 0.594. The van der Waals surface area contributed by atoms with E-state index in [0.29, 0.717) is 6.54 Å². The van der Waals surface area contributed by atoms with Gasteiger partial charge in [0.15, 0.2) is 0 Å². The van der Waals surface area contributed by atoms with Crippen molar-refractivity contribution in [2.45, 2.75) is 26.7 Å². The molecule has 58 valence electrons. The van der Waals surface area contributed by atoms with Crippen LogP contribution in [0.4, 0.5) is 0 Å². The Morgan fingerprint density at radius 3 is 2.40 bits per heavy atom. The number of hydrogen-bond acceptors (Lipinski definition) is 1. The van der Waals surface area contributed by atoms with E-state index in [-0.39, 0.29) is 0 Å². The number of rotatable bonds is 4. The first-order chi connectivity index (χ1) is 4.85. The number of allylic oxidation sites excluding steroid dienone is 2. The SMILES string of the molecule is CC/C=C\C(=C/CC)CN. The lowest BCUT2D eigenvalue weighted by Crippen LogP contribution is -2.00. The van der Waals surface area contributed by atoms with Crippen molar-refractivity contribution in [3.05, 3.63) is 23.8 Å². The summed E-state index contributed by atoms with van der Waals surface area (Å²) in [6.07, 6.45) is 8.55. The molecule has 0 atom stereocenters. The molecule has 1 heteroatoms. The fraction of sp³-hybridized carbons (Fsp3) is 0.556. The van der Waals surface area contributed by atoms with E-state index in [1.165, 1.54) is 5.57 Å². The molecule has 0 aromatic heterocycles. The Balaban J connectivity index is 3.82. The van der Waals surface area contributed by atoms with Gasteiger partial charge in [-0.3, -0.25) is 0 Å². The van der Waals surface area contributed by atoms with Crippen LogP contribution in [0, 0.1) is 0 Å². The van der Waals surface area contributed by atoms with Gasteiger partial charge in [-0.15, -0.1) is 0 Å². The topological polar surface area (TPSA) is 26.0 Å². The highest BCUT2D eigenvalue weighted by Crippen LogP contribution is 1.96. The van der Waals surface area contributed by atoms with Gasteiger partial charge in [-0.25, -0.2) is 0 Å². The van der Waals surface area contributed by atoms with Gasteiger partial charge in [-0.1, -0.05) is 32.1 Å². The van der Waals surface area contributed by atoms with E-state index in [2.05, 4.69) is 32.1 Å². The van der Waals surface area contributed by atoms with Crippen LogP contribution in [-0.2, 0) is 0 Å². The van der Waals surface area contributed by atoms with Gasteiger partial charge in [0.05, 0.1) is 0 Å². The molecule has 10 heavy (non-hydrogen) atoms. The summed E-state index contributed by atoms with van der Waals surface area (Å²) in [6.45, 7) is 4.90. The van der Waals surface area contributed by atoms with Crippen LogP contribution in [0.15, 0.2) is 23.8 Å². The van der Waals surface area contributed by atoms with Crippen LogP contribution in [0.25, 0.3) is 0 Å². The summed E-state index contributed by atoms with van der Waals surface area (Å²) in [7, 11) is 0. The molecule has 0 unspecified atom stereocenters. The van der Waals surface area contributed by atoms with Crippen molar-refractivity contribution in [1.82, 2.24) is 0 Å². The predicted molar refractivity (Wildman–Crippen MR) is 46.9 cm³/mol. The minimum Gasteiger partial charge on any atom is -0.327 e. The second-order valence-electron chi connectivity index (χ2n) is 2.20. The van der Waals surface area contributed by atoms with Crippen molar-refractivity contribution in [1.29, 1.82) is 0 Å². The van der Waals surface area contributed by atoms with E-state index in [0.717, 1.165) is 12.8 Å². The van der Waals surface area contributed by atoms with Gasteiger partial charge in [0, 0.05) is 6.54 Å². The Kier molecular flexibility index (Phi) is 6.19. The van der Waals surface area contributed by atoms with Gasteiger partial charge in [-0.05, 0) is 18.4 Å². The molecule has 0 aromatic rings. The third kappa shape index (κ3) is 4.33. The first-order valence-corrected chi connectivity index (χ1v) is 3.90. The van der Waals surface area contributed by atoms with Crippen LogP contribution >= 0.6 is 0 Å². The van der Waals surface area contributed by atoms with E-state index < -0.39 is 0 Å². The van der Waals surface area contributed by atoms with E-state index in [1.807, 2.05) is 0 Å².